The van der Waals surface area contributed by atoms with Gasteiger partial charge in [0, 0.05) is 43.5 Å². The Kier molecular flexibility index (Phi) is 7.96. The predicted octanol–water partition coefficient (Wildman–Crippen LogP) is 5.31. The Morgan fingerprint density at radius 1 is 1.14 bits per heavy atom. The number of piperazine rings is 1. The molecule has 3 saturated carbocycles. The quantitative estimate of drug-likeness (QED) is 0.300. The van der Waals surface area contributed by atoms with Crippen LogP contribution in [-0.2, 0) is 13.0 Å². The summed E-state index contributed by atoms with van der Waals surface area (Å²) in [5, 5.41) is 7.81. The van der Waals surface area contributed by atoms with Crippen LogP contribution >= 0.6 is 0 Å². The number of nitrogens with one attached hydrogen (secondary N) is 2. The summed E-state index contributed by atoms with van der Waals surface area (Å²) in [4.78, 5) is 25.7. The highest BCUT2D eigenvalue weighted by molar-refractivity contribution is 5.96. The van der Waals surface area contributed by atoms with Crippen LogP contribution < -0.4 is 20.9 Å². The van der Waals surface area contributed by atoms with E-state index in [-0.39, 0.29) is 11.4 Å². The molecule has 1 aliphatic heterocycles. The van der Waals surface area contributed by atoms with E-state index in [1.54, 1.807) is 23.0 Å². The Morgan fingerprint density at radius 2 is 1.91 bits per heavy atom. The highest BCUT2D eigenvalue weighted by atomic mass is 19.1. The van der Waals surface area contributed by atoms with Crippen LogP contribution in [0.4, 0.5) is 10.1 Å². The van der Waals surface area contributed by atoms with Crippen molar-refractivity contribution in [1.82, 2.24) is 19.8 Å². The summed E-state index contributed by atoms with van der Waals surface area (Å²) in [6.45, 7) is 13.7. The first kappa shape index (κ1) is 29.6. The molecule has 3 aromatic rings. The lowest BCUT2D eigenvalue weighted by Gasteiger charge is -2.61. The number of aromatic nitrogens is 2. The molecule has 2 heterocycles. The van der Waals surface area contributed by atoms with E-state index in [9.17, 15) is 9.18 Å². The van der Waals surface area contributed by atoms with Gasteiger partial charge in [0.05, 0.1) is 30.4 Å². The van der Waals surface area contributed by atoms with Crippen LogP contribution in [0.1, 0.15) is 53.0 Å². The Morgan fingerprint density at radius 3 is 2.58 bits per heavy atom. The number of benzene rings is 2. The topological polar surface area (TPSA) is 83.8 Å². The van der Waals surface area contributed by atoms with Crippen LogP contribution in [-0.4, -0.2) is 58.7 Å². The number of aliphatic imine (C=N–C) groups is 1. The SMILES string of the molecule is COc1ccc(CCn2cnc3cc(NC(=N[C@H]4C[C@@H]5C[C@@H]([C@H]4C)C5(C)C)N4C[C@H](C)N[C@@H](C)C4)ccc3c2=O)c(F)c1. The number of rotatable bonds is 6. The average Bonchev–Trinajstić information content (AvgIpc) is 2.97. The molecular formula is C34H45FN6O2. The Hall–Kier alpha value is -3.46. The number of guanidine groups is 1. The average molecular weight is 589 g/mol. The number of hydrogen-bond donors (Lipinski definition) is 2. The zero-order chi connectivity index (χ0) is 30.5. The van der Waals surface area contributed by atoms with Gasteiger partial charge in [-0.3, -0.25) is 9.36 Å². The van der Waals surface area contributed by atoms with Crippen LogP contribution in [0.15, 0.2) is 52.5 Å². The maximum Gasteiger partial charge on any atom is 0.261 e. The van der Waals surface area contributed by atoms with Gasteiger partial charge in [0.15, 0.2) is 5.96 Å². The van der Waals surface area contributed by atoms with E-state index in [0.717, 1.165) is 43.0 Å². The molecule has 0 radical (unpaired) electrons. The van der Waals surface area contributed by atoms with Crippen molar-refractivity contribution >= 4 is 22.5 Å². The summed E-state index contributed by atoms with van der Waals surface area (Å²) < 4.78 is 21.1. The van der Waals surface area contributed by atoms with Crippen molar-refractivity contribution in [3.8, 4) is 5.75 Å². The summed E-state index contributed by atoms with van der Waals surface area (Å²) in [5.74, 6) is 3.03. The molecule has 9 heteroatoms. The highest BCUT2D eigenvalue weighted by Crippen LogP contribution is 2.61. The third-order valence-corrected chi connectivity index (χ3v) is 10.4. The van der Waals surface area contributed by atoms with Gasteiger partial charge in [-0.05, 0) is 86.1 Å². The largest absolute Gasteiger partial charge is 0.497 e. The highest BCUT2D eigenvalue weighted by Gasteiger charge is 2.56. The van der Waals surface area contributed by atoms with Gasteiger partial charge in [0.1, 0.15) is 11.6 Å². The molecule has 0 amide bonds. The molecule has 6 atom stereocenters. The van der Waals surface area contributed by atoms with Crippen LogP contribution in [0.25, 0.3) is 10.9 Å². The van der Waals surface area contributed by atoms with Gasteiger partial charge in [-0.1, -0.05) is 26.8 Å². The monoisotopic (exact) mass is 588 g/mol. The number of nitrogens with zero attached hydrogens (tertiary/aromatic N) is 4. The summed E-state index contributed by atoms with van der Waals surface area (Å²) in [7, 11) is 1.51. The molecule has 0 unspecified atom stereocenters. The summed E-state index contributed by atoms with van der Waals surface area (Å²) in [6, 6.07) is 11.5. The first-order chi connectivity index (χ1) is 20.5. The normalized spacial score (nSPS) is 28.4. The zero-order valence-corrected chi connectivity index (χ0v) is 26.2. The first-order valence-corrected chi connectivity index (χ1v) is 15.7. The molecule has 4 fully saturated rings. The number of fused-ring (bicyclic) bond motifs is 3. The number of aryl methyl sites for hydroxylation is 2. The molecule has 8 nitrogen and oxygen atoms in total. The van der Waals surface area contributed by atoms with Crippen molar-refractivity contribution in [3.63, 3.8) is 0 Å². The van der Waals surface area contributed by atoms with Crippen molar-refractivity contribution in [3.05, 3.63) is 64.5 Å². The second kappa shape index (κ2) is 11.6. The van der Waals surface area contributed by atoms with Crippen LogP contribution in [0.3, 0.4) is 0 Å². The molecule has 7 rings (SSSR count). The van der Waals surface area contributed by atoms with Gasteiger partial charge in [-0.25, -0.2) is 14.4 Å². The van der Waals surface area contributed by atoms with Gasteiger partial charge in [0.25, 0.3) is 5.56 Å². The standard InChI is InChI=1S/C34H45FN6O2/c1-20-17-41(18-21(2)37-20)33(39-30-14-24-13-28(22(30)3)34(24,4)5)38-25-8-10-27-31(15-25)36-19-40(32(27)42)12-11-23-7-9-26(43-6)16-29(23)35/h7-10,15-16,19-22,24,28,30,37H,11-14,17-18H2,1-6H3,(H,38,39)/t20-,21-,22+,24-,28-,30-/m0/s1. The second-order valence-electron chi connectivity index (χ2n) is 13.7. The molecular weight excluding hydrogens is 543 g/mol. The lowest BCUT2D eigenvalue weighted by Crippen LogP contribution is -2.59. The molecule has 43 heavy (non-hydrogen) atoms. The molecule has 2 N–H and O–H groups in total. The third kappa shape index (κ3) is 5.76. The van der Waals surface area contributed by atoms with Crippen molar-refractivity contribution in [2.45, 2.75) is 78.6 Å². The summed E-state index contributed by atoms with van der Waals surface area (Å²) in [6.07, 6.45) is 4.39. The minimum absolute atomic E-state index is 0.137. The van der Waals surface area contributed by atoms with E-state index in [1.807, 2.05) is 18.2 Å². The molecule has 1 saturated heterocycles. The predicted molar refractivity (Wildman–Crippen MR) is 170 cm³/mol. The van der Waals surface area contributed by atoms with Gasteiger partial charge < -0.3 is 20.3 Å². The van der Waals surface area contributed by atoms with E-state index in [4.69, 9.17) is 9.73 Å². The van der Waals surface area contributed by atoms with Crippen molar-refractivity contribution in [1.29, 1.82) is 0 Å². The van der Waals surface area contributed by atoms with Gasteiger partial charge in [0.2, 0.25) is 0 Å². The summed E-state index contributed by atoms with van der Waals surface area (Å²) >= 11 is 0. The second-order valence-corrected chi connectivity index (χ2v) is 13.7. The lowest BCUT2D eigenvalue weighted by molar-refractivity contribution is -0.108. The molecule has 1 aromatic heterocycles. The Labute approximate surface area is 253 Å². The number of methoxy groups -OCH3 is 1. The fourth-order valence-electron chi connectivity index (χ4n) is 7.77. The van der Waals surface area contributed by atoms with Crippen molar-refractivity contribution in [2.75, 3.05) is 25.5 Å². The van der Waals surface area contributed by atoms with Crippen LogP contribution in [0.2, 0.25) is 0 Å². The van der Waals surface area contributed by atoms with E-state index in [2.05, 4.69) is 55.1 Å². The molecule has 0 spiro atoms. The van der Waals surface area contributed by atoms with Gasteiger partial charge in [-0.2, -0.15) is 0 Å². The van der Waals surface area contributed by atoms with Crippen molar-refractivity contribution < 1.29 is 9.13 Å². The van der Waals surface area contributed by atoms with Gasteiger partial charge >= 0.3 is 0 Å². The molecule has 230 valence electrons. The van der Waals surface area contributed by atoms with Crippen LogP contribution in [0, 0.1) is 29.0 Å². The first-order valence-electron chi connectivity index (χ1n) is 15.7. The van der Waals surface area contributed by atoms with Crippen molar-refractivity contribution in [2.24, 2.45) is 28.2 Å². The maximum atomic E-state index is 14.4. The van der Waals surface area contributed by atoms with E-state index >= 15 is 0 Å². The van der Waals surface area contributed by atoms with E-state index in [1.165, 1.54) is 19.6 Å². The fraction of sp³-hybridized carbons (Fsp3) is 0.559. The lowest BCUT2D eigenvalue weighted by atomic mass is 9.45. The zero-order valence-electron chi connectivity index (χ0n) is 26.2. The van der Waals surface area contributed by atoms with Crippen LogP contribution in [0.5, 0.6) is 5.75 Å². The third-order valence-electron chi connectivity index (χ3n) is 10.4. The number of hydrogen-bond acceptors (Lipinski definition) is 5. The van der Waals surface area contributed by atoms with E-state index in [0.29, 0.717) is 64.6 Å². The maximum absolute atomic E-state index is 14.4. The van der Waals surface area contributed by atoms with E-state index < -0.39 is 0 Å². The molecule has 4 aliphatic rings. The minimum Gasteiger partial charge on any atom is -0.497 e. The smallest absolute Gasteiger partial charge is 0.261 e. The Bertz CT molecular complexity index is 1570. The minimum atomic E-state index is -0.342. The Balaban J connectivity index is 1.23. The number of ether oxygens (including phenoxy) is 1. The fourth-order valence-corrected chi connectivity index (χ4v) is 7.77. The number of anilines is 1. The summed E-state index contributed by atoms with van der Waals surface area (Å²) in [5.41, 5.74) is 2.30. The molecule has 2 aromatic carbocycles. The van der Waals surface area contributed by atoms with Gasteiger partial charge in [-0.15, -0.1) is 0 Å². The molecule has 2 bridgehead atoms. The number of halogens is 1. The molecule has 3 aliphatic carbocycles.